The van der Waals surface area contributed by atoms with Crippen LogP contribution in [0.1, 0.15) is 27.9 Å². The molecule has 0 saturated heterocycles. The zero-order chi connectivity index (χ0) is 15.1. The fraction of sp³-hybridized carbons (Fsp3) is 0.375. The molecular formula is C16H19NO3S. The van der Waals surface area contributed by atoms with Crippen LogP contribution in [-0.4, -0.2) is 30.6 Å². The summed E-state index contributed by atoms with van der Waals surface area (Å²) in [6.07, 6.45) is 0.876. The fourth-order valence-corrected chi connectivity index (χ4v) is 2.69. The van der Waals surface area contributed by atoms with Crippen LogP contribution in [0.15, 0.2) is 29.8 Å². The normalized spacial score (nSPS) is 10.6. The highest BCUT2D eigenvalue weighted by atomic mass is 32.1. The van der Waals surface area contributed by atoms with Gasteiger partial charge in [-0.3, -0.25) is 4.79 Å². The first-order chi connectivity index (χ1) is 10.2. The average molecular weight is 305 g/mol. The maximum Gasteiger partial charge on any atom is 0.163 e. The van der Waals surface area contributed by atoms with Gasteiger partial charge >= 0.3 is 0 Å². The molecule has 0 amide bonds. The summed E-state index contributed by atoms with van der Waals surface area (Å²) in [5, 5.41) is 0. The van der Waals surface area contributed by atoms with Crippen LogP contribution >= 0.6 is 11.3 Å². The van der Waals surface area contributed by atoms with Crippen molar-refractivity contribution in [2.24, 2.45) is 0 Å². The molecule has 112 valence electrons. The number of ketones is 1. The van der Waals surface area contributed by atoms with Crippen LogP contribution in [0.5, 0.6) is 5.75 Å². The van der Waals surface area contributed by atoms with Crippen LogP contribution < -0.4 is 4.74 Å². The number of ether oxygens (including phenoxy) is 2. The van der Waals surface area contributed by atoms with Gasteiger partial charge in [0.15, 0.2) is 5.78 Å². The molecular weight excluding hydrogens is 286 g/mol. The predicted octanol–water partition coefficient (Wildman–Crippen LogP) is 3.29. The zero-order valence-electron chi connectivity index (χ0n) is 12.3. The number of para-hydroxylation sites is 1. The first-order valence-electron chi connectivity index (χ1n) is 6.88. The monoisotopic (exact) mass is 305 g/mol. The van der Waals surface area contributed by atoms with Gasteiger partial charge in [0.1, 0.15) is 12.4 Å². The third kappa shape index (κ3) is 4.65. The van der Waals surface area contributed by atoms with Crippen LogP contribution in [-0.2, 0) is 11.2 Å². The Morgan fingerprint density at radius 1 is 1.24 bits per heavy atom. The van der Waals surface area contributed by atoms with Gasteiger partial charge in [-0.15, -0.1) is 11.3 Å². The molecule has 1 aromatic carbocycles. The Morgan fingerprint density at radius 3 is 2.76 bits per heavy atom. The fourth-order valence-electron chi connectivity index (χ4n) is 1.93. The summed E-state index contributed by atoms with van der Waals surface area (Å²) >= 11 is 1.66. The molecule has 0 spiro atoms. The van der Waals surface area contributed by atoms with E-state index in [1.54, 1.807) is 23.5 Å². The topological polar surface area (TPSA) is 48.4 Å². The molecule has 21 heavy (non-hydrogen) atoms. The van der Waals surface area contributed by atoms with Crippen LogP contribution in [0.25, 0.3) is 0 Å². The van der Waals surface area contributed by atoms with Crippen molar-refractivity contribution in [1.29, 1.82) is 0 Å². The minimum Gasteiger partial charge on any atom is -0.490 e. The van der Waals surface area contributed by atoms with Crippen LogP contribution in [0.2, 0.25) is 0 Å². The summed E-state index contributed by atoms with van der Waals surface area (Å²) in [6.45, 7) is 5.14. The molecule has 0 atom stereocenters. The van der Waals surface area contributed by atoms with Crippen molar-refractivity contribution in [3.05, 3.63) is 45.9 Å². The van der Waals surface area contributed by atoms with Crippen LogP contribution in [0.3, 0.4) is 0 Å². The molecule has 0 unspecified atom stereocenters. The summed E-state index contributed by atoms with van der Waals surface area (Å²) in [5.74, 6) is 0.624. The molecule has 0 saturated carbocycles. The van der Waals surface area contributed by atoms with Crippen LogP contribution in [0.4, 0.5) is 0 Å². The maximum atomic E-state index is 11.4. The molecule has 0 bridgehead atoms. The summed E-state index contributed by atoms with van der Waals surface area (Å²) in [7, 11) is 0. The molecule has 0 aliphatic rings. The van der Waals surface area contributed by atoms with Crippen molar-refractivity contribution in [2.75, 3.05) is 19.8 Å². The smallest absolute Gasteiger partial charge is 0.163 e. The molecule has 5 heteroatoms. The molecule has 0 fully saturated rings. The highest BCUT2D eigenvalue weighted by Gasteiger charge is 2.07. The molecule has 0 N–H and O–H groups in total. The van der Waals surface area contributed by atoms with Gasteiger partial charge in [-0.05, 0) is 26.0 Å². The maximum absolute atomic E-state index is 11.4. The molecule has 4 nitrogen and oxygen atoms in total. The number of rotatable bonds is 8. The SMILES string of the molecule is CC(=O)c1ccccc1OCCOCCc1scnc1C. The van der Waals surface area contributed by atoms with E-state index in [1.807, 2.05) is 24.6 Å². The lowest BCUT2D eigenvalue weighted by atomic mass is 10.1. The number of benzene rings is 1. The summed E-state index contributed by atoms with van der Waals surface area (Å²) < 4.78 is 11.2. The van der Waals surface area contributed by atoms with Crippen molar-refractivity contribution < 1.29 is 14.3 Å². The predicted molar refractivity (Wildman–Crippen MR) is 83.3 cm³/mol. The Balaban J connectivity index is 1.68. The summed E-state index contributed by atoms with van der Waals surface area (Å²) in [4.78, 5) is 16.9. The lowest BCUT2D eigenvalue weighted by molar-refractivity contribution is 0.0972. The van der Waals surface area contributed by atoms with Gasteiger partial charge in [0.2, 0.25) is 0 Å². The van der Waals surface area contributed by atoms with Crippen molar-refractivity contribution in [1.82, 2.24) is 4.98 Å². The third-order valence-electron chi connectivity index (χ3n) is 3.07. The lowest BCUT2D eigenvalue weighted by Gasteiger charge is -2.09. The van der Waals surface area contributed by atoms with Crippen molar-refractivity contribution in [3.8, 4) is 5.75 Å². The standard InChI is InChI=1S/C16H19NO3S/c1-12-16(21-11-17-12)7-8-19-9-10-20-15-6-4-3-5-14(15)13(2)18/h3-6,11H,7-10H2,1-2H3. The van der Waals surface area contributed by atoms with Gasteiger partial charge in [-0.1, -0.05) is 12.1 Å². The molecule has 2 aromatic rings. The number of hydrogen-bond donors (Lipinski definition) is 0. The molecule has 0 aliphatic heterocycles. The van der Waals surface area contributed by atoms with E-state index in [2.05, 4.69) is 4.98 Å². The van der Waals surface area contributed by atoms with Crippen molar-refractivity contribution in [2.45, 2.75) is 20.3 Å². The van der Waals surface area contributed by atoms with Crippen LogP contribution in [0, 0.1) is 6.92 Å². The average Bonchev–Trinajstić information content (AvgIpc) is 2.88. The summed E-state index contributed by atoms with van der Waals surface area (Å²) in [5.41, 5.74) is 3.54. The first-order valence-corrected chi connectivity index (χ1v) is 7.76. The molecule has 1 aromatic heterocycles. The molecule has 1 heterocycles. The Bertz CT molecular complexity index is 595. The van der Waals surface area contributed by atoms with Gasteiger partial charge in [0.05, 0.1) is 30.0 Å². The highest BCUT2D eigenvalue weighted by molar-refractivity contribution is 7.09. The van der Waals surface area contributed by atoms with Gasteiger partial charge in [-0.2, -0.15) is 0 Å². The number of thiazole rings is 1. The van der Waals surface area contributed by atoms with Crippen molar-refractivity contribution >= 4 is 17.1 Å². The van der Waals surface area contributed by atoms with E-state index in [9.17, 15) is 4.79 Å². The highest BCUT2D eigenvalue weighted by Crippen LogP contribution is 2.18. The van der Waals surface area contributed by atoms with Crippen molar-refractivity contribution in [3.63, 3.8) is 0 Å². The Morgan fingerprint density at radius 2 is 2.05 bits per heavy atom. The Labute approximate surface area is 128 Å². The summed E-state index contributed by atoms with van der Waals surface area (Å²) in [6, 6.07) is 7.26. The largest absolute Gasteiger partial charge is 0.490 e. The molecule has 0 radical (unpaired) electrons. The number of nitrogens with zero attached hydrogens (tertiary/aromatic N) is 1. The van der Waals surface area contributed by atoms with E-state index in [-0.39, 0.29) is 5.78 Å². The van der Waals surface area contributed by atoms with E-state index < -0.39 is 0 Å². The second-order valence-electron chi connectivity index (χ2n) is 4.62. The Kier molecular flexibility index (Phi) is 5.90. The third-order valence-corrected chi connectivity index (χ3v) is 4.06. The molecule has 2 rings (SSSR count). The van der Waals surface area contributed by atoms with E-state index in [1.165, 1.54) is 11.8 Å². The second-order valence-corrected chi connectivity index (χ2v) is 5.56. The Hall–Kier alpha value is -1.72. The van der Waals surface area contributed by atoms with E-state index >= 15 is 0 Å². The number of carbonyl (C=O) groups excluding carboxylic acids is 1. The number of carbonyl (C=O) groups is 1. The van der Waals surface area contributed by atoms with Gasteiger partial charge in [0.25, 0.3) is 0 Å². The quantitative estimate of drug-likeness (QED) is 0.554. The number of aryl methyl sites for hydroxylation is 1. The number of Topliss-reactive ketones (excluding diaryl/α,β-unsaturated/α-hetero) is 1. The first kappa shape index (κ1) is 15.7. The second kappa shape index (κ2) is 7.90. The van der Waals surface area contributed by atoms with E-state index in [4.69, 9.17) is 9.47 Å². The minimum atomic E-state index is 0.00666. The zero-order valence-corrected chi connectivity index (χ0v) is 13.1. The lowest BCUT2D eigenvalue weighted by Crippen LogP contribution is -2.10. The molecule has 0 aliphatic carbocycles. The minimum absolute atomic E-state index is 0.00666. The number of aromatic nitrogens is 1. The van der Waals surface area contributed by atoms with E-state index in [0.29, 0.717) is 31.1 Å². The van der Waals surface area contributed by atoms with Gasteiger partial charge < -0.3 is 9.47 Å². The van der Waals surface area contributed by atoms with Gasteiger partial charge in [0, 0.05) is 11.3 Å². The number of hydrogen-bond acceptors (Lipinski definition) is 5. The van der Waals surface area contributed by atoms with E-state index in [0.717, 1.165) is 12.1 Å². The van der Waals surface area contributed by atoms with Gasteiger partial charge in [-0.25, -0.2) is 4.98 Å².